The van der Waals surface area contributed by atoms with Gasteiger partial charge in [-0.3, -0.25) is 0 Å². The highest BCUT2D eigenvalue weighted by Gasteiger charge is 2.23. The third kappa shape index (κ3) is 3.19. The lowest BCUT2D eigenvalue weighted by Gasteiger charge is -2.32. The molecule has 0 amide bonds. The molecule has 2 rings (SSSR count). The van der Waals surface area contributed by atoms with E-state index < -0.39 is 23.5 Å². The molecule has 0 saturated carbocycles. The Morgan fingerprint density at radius 3 is 2.38 bits per heavy atom. The Kier molecular flexibility index (Phi) is 4.85. The predicted molar refractivity (Wildman–Crippen MR) is 77.6 cm³/mol. The van der Waals surface area contributed by atoms with E-state index in [1.54, 1.807) is 23.1 Å². The molecule has 0 aliphatic carbocycles. The van der Waals surface area contributed by atoms with Gasteiger partial charge in [0.05, 0.1) is 11.7 Å². The average Bonchev–Trinajstić information content (AvgIpc) is 2.48. The Morgan fingerprint density at radius 1 is 1.05 bits per heavy atom. The minimum absolute atomic E-state index is 0.0442. The minimum atomic E-state index is -0.636. The van der Waals surface area contributed by atoms with Crippen molar-refractivity contribution in [3.8, 4) is 0 Å². The molecule has 1 atom stereocenters. The molecule has 2 aromatic rings. The first-order valence-electron chi connectivity index (χ1n) is 6.74. The van der Waals surface area contributed by atoms with Gasteiger partial charge in [0.15, 0.2) is 0 Å². The molecule has 5 heteroatoms. The molecule has 0 aliphatic rings. The Morgan fingerprint density at radius 2 is 1.76 bits per heavy atom. The zero-order chi connectivity index (χ0) is 15.4. The quantitative estimate of drug-likeness (QED) is 0.912. The van der Waals surface area contributed by atoms with Gasteiger partial charge in [0.1, 0.15) is 17.5 Å². The van der Waals surface area contributed by atoms with Crippen molar-refractivity contribution in [2.24, 2.45) is 5.73 Å². The van der Waals surface area contributed by atoms with E-state index in [2.05, 4.69) is 0 Å². The van der Waals surface area contributed by atoms with Gasteiger partial charge in [0.2, 0.25) is 0 Å². The highest BCUT2D eigenvalue weighted by molar-refractivity contribution is 5.50. The van der Waals surface area contributed by atoms with E-state index in [1.165, 1.54) is 6.07 Å². The average molecular weight is 294 g/mol. The number of rotatable bonds is 5. The summed E-state index contributed by atoms with van der Waals surface area (Å²) in [5.41, 5.74) is 6.18. The van der Waals surface area contributed by atoms with Gasteiger partial charge in [-0.2, -0.15) is 0 Å². The minimum Gasteiger partial charge on any atom is -0.361 e. The first kappa shape index (κ1) is 15.4. The fourth-order valence-corrected chi connectivity index (χ4v) is 2.44. The highest BCUT2D eigenvalue weighted by atomic mass is 19.1. The maximum atomic E-state index is 14.0. The van der Waals surface area contributed by atoms with Gasteiger partial charge >= 0.3 is 0 Å². The van der Waals surface area contributed by atoms with Crippen molar-refractivity contribution in [2.75, 3.05) is 18.0 Å². The number of anilines is 1. The van der Waals surface area contributed by atoms with Crippen molar-refractivity contribution in [3.63, 3.8) is 0 Å². The molecule has 21 heavy (non-hydrogen) atoms. The largest absolute Gasteiger partial charge is 0.361 e. The number of nitrogens with zero attached hydrogens (tertiary/aromatic N) is 1. The van der Waals surface area contributed by atoms with Gasteiger partial charge in [-0.15, -0.1) is 0 Å². The van der Waals surface area contributed by atoms with Crippen LogP contribution in [0.2, 0.25) is 0 Å². The summed E-state index contributed by atoms with van der Waals surface area (Å²) in [6.07, 6.45) is 0. The molecule has 2 aromatic carbocycles. The Balaban J connectivity index is 2.48. The topological polar surface area (TPSA) is 29.3 Å². The number of nitrogens with two attached hydrogens (primary N) is 1. The van der Waals surface area contributed by atoms with Crippen LogP contribution in [-0.4, -0.2) is 13.1 Å². The van der Waals surface area contributed by atoms with Crippen molar-refractivity contribution >= 4 is 5.69 Å². The van der Waals surface area contributed by atoms with Gasteiger partial charge in [-0.25, -0.2) is 13.2 Å². The van der Waals surface area contributed by atoms with Crippen LogP contribution in [0.15, 0.2) is 42.5 Å². The second kappa shape index (κ2) is 6.63. The number of para-hydroxylation sites is 1. The van der Waals surface area contributed by atoms with E-state index in [0.29, 0.717) is 12.2 Å². The number of likely N-dealkylation sites (N-methyl/N-ethyl adjacent to an activating group) is 1. The van der Waals surface area contributed by atoms with Gasteiger partial charge in [0, 0.05) is 18.7 Å². The summed E-state index contributed by atoms with van der Waals surface area (Å²) in [5.74, 6) is -1.52. The molecule has 0 heterocycles. The zero-order valence-electron chi connectivity index (χ0n) is 11.7. The number of halogens is 3. The Hall–Kier alpha value is -2.01. The lowest BCUT2D eigenvalue weighted by atomic mass is 10.0. The van der Waals surface area contributed by atoms with E-state index in [0.717, 1.165) is 18.2 Å². The van der Waals surface area contributed by atoms with Gasteiger partial charge in [-0.05, 0) is 37.3 Å². The smallest absolute Gasteiger partial charge is 0.146 e. The number of benzene rings is 2. The molecule has 2 nitrogen and oxygen atoms in total. The van der Waals surface area contributed by atoms with Crippen LogP contribution in [0.4, 0.5) is 18.9 Å². The summed E-state index contributed by atoms with van der Waals surface area (Å²) >= 11 is 0. The normalized spacial score (nSPS) is 12.2. The van der Waals surface area contributed by atoms with Crippen LogP contribution < -0.4 is 10.6 Å². The molecular formula is C16H17F3N2. The maximum absolute atomic E-state index is 14.0. The molecule has 0 fully saturated rings. The summed E-state index contributed by atoms with van der Waals surface area (Å²) < 4.78 is 41.3. The van der Waals surface area contributed by atoms with Crippen molar-refractivity contribution in [2.45, 2.75) is 13.0 Å². The molecule has 0 bridgehead atoms. The van der Waals surface area contributed by atoms with Crippen LogP contribution in [0.3, 0.4) is 0 Å². The van der Waals surface area contributed by atoms with Crippen LogP contribution in [-0.2, 0) is 0 Å². The second-order valence-corrected chi connectivity index (χ2v) is 4.65. The van der Waals surface area contributed by atoms with Crippen molar-refractivity contribution < 1.29 is 13.2 Å². The van der Waals surface area contributed by atoms with Crippen LogP contribution in [0.5, 0.6) is 0 Å². The van der Waals surface area contributed by atoms with Crippen molar-refractivity contribution in [1.82, 2.24) is 0 Å². The van der Waals surface area contributed by atoms with Crippen molar-refractivity contribution in [1.29, 1.82) is 0 Å². The summed E-state index contributed by atoms with van der Waals surface area (Å²) in [6.45, 7) is 2.27. The van der Waals surface area contributed by atoms with E-state index in [4.69, 9.17) is 5.73 Å². The lowest BCUT2D eigenvalue weighted by Crippen LogP contribution is -2.35. The third-order valence-corrected chi connectivity index (χ3v) is 3.42. The molecule has 112 valence electrons. The summed E-state index contributed by atoms with van der Waals surface area (Å²) in [5, 5.41) is 0. The van der Waals surface area contributed by atoms with Crippen LogP contribution in [0, 0.1) is 17.5 Å². The lowest BCUT2D eigenvalue weighted by molar-refractivity contribution is 0.539. The highest BCUT2D eigenvalue weighted by Crippen LogP contribution is 2.30. The summed E-state index contributed by atoms with van der Waals surface area (Å²) in [4.78, 5) is 1.63. The fraction of sp³-hybridized carbons (Fsp3) is 0.250. The molecule has 0 radical (unpaired) electrons. The molecule has 1 unspecified atom stereocenters. The van der Waals surface area contributed by atoms with Crippen LogP contribution >= 0.6 is 0 Å². The zero-order valence-corrected chi connectivity index (χ0v) is 11.7. The second-order valence-electron chi connectivity index (χ2n) is 4.65. The molecule has 0 aromatic heterocycles. The monoisotopic (exact) mass is 294 g/mol. The molecule has 0 aliphatic heterocycles. The van der Waals surface area contributed by atoms with E-state index in [-0.39, 0.29) is 12.1 Å². The number of hydrogen-bond donors (Lipinski definition) is 1. The third-order valence-electron chi connectivity index (χ3n) is 3.42. The van der Waals surface area contributed by atoms with Gasteiger partial charge in [-0.1, -0.05) is 12.1 Å². The van der Waals surface area contributed by atoms with E-state index in [9.17, 15) is 13.2 Å². The van der Waals surface area contributed by atoms with Crippen LogP contribution in [0.25, 0.3) is 0 Å². The van der Waals surface area contributed by atoms with E-state index in [1.807, 2.05) is 6.92 Å². The Labute approximate surface area is 122 Å². The molecule has 0 spiro atoms. The molecule has 0 saturated heterocycles. The summed E-state index contributed by atoms with van der Waals surface area (Å²) in [7, 11) is 0. The molecule has 2 N–H and O–H groups in total. The SMILES string of the molecule is CCN(c1ccccc1F)C(CN)c1cc(F)ccc1F. The molecular weight excluding hydrogens is 277 g/mol. The predicted octanol–water partition coefficient (Wildman–Crippen LogP) is 3.63. The first-order valence-corrected chi connectivity index (χ1v) is 6.74. The van der Waals surface area contributed by atoms with Crippen LogP contribution in [0.1, 0.15) is 18.5 Å². The standard InChI is InChI=1S/C16H17F3N2/c1-2-21(15-6-4-3-5-14(15)19)16(10-20)12-9-11(17)7-8-13(12)18/h3-9,16H,2,10,20H2,1H3. The maximum Gasteiger partial charge on any atom is 0.146 e. The van der Waals surface area contributed by atoms with Gasteiger partial charge in [0.25, 0.3) is 0 Å². The van der Waals surface area contributed by atoms with Crippen molar-refractivity contribution in [3.05, 3.63) is 65.5 Å². The number of hydrogen-bond acceptors (Lipinski definition) is 2. The fourth-order valence-electron chi connectivity index (χ4n) is 2.44. The van der Waals surface area contributed by atoms with Gasteiger partial charge < -0.3 is 10.6 Å². The summed E-state index contributed by atoms with van der Waals surface area (Å²) in [6, 6.07) is 8.77. The van der Waals surface area contributed by atoms with E-state index >= 15 is 0 Å². The first-order chi connectivity index (χ1) is 10.1. The Bertz CT molecular complexity index is 616.